The van der Waals surface area contributed by atoms with Gasteiger partial charge < -0.3 is 14.5 Å². The Bertz CT molecular complexity index is 550. The van der Waals surface area contributed by atoms with E-state index in [0.717, 1.165) is 19.5 Å². The van der Waals surface area contributed by atoms with Gasteiger partial charge in [-0.05, 0) is 45.7 Å². The maximum Gasteiger partial charge on any atom is 0.410 e. The average Bonchev–Trinajstić information content (AvgIpc) is 2.96. The highest BCUT2D eigenvalue weighted by Gasteiger charge is 2.46. The Hall–Kier alpha value is -1.71. The second-order valence-corrected chi connectivity index (χ2v) is 7.11. The van der Waals surface area contributed by atoms with Crippen LogP contribution in [-0.2, 0) is 4.74 Å². The van der Waals surface area contributed by atoms with Crippen LogP contribution in [0.1, 0.15) is 32.8 Å². The van der Waals surface area contributed by atoms with Crippen LogP contribution in [0, 0.1) is 6.92 Å². The van der Waals surface area contributed by atoms with Crippen LogP contribution >= 0.6 is 0 Å². The number of ether oxygens (including phenoxy) is 1. The van der Waals surface area contributed by atoms with Crippen molar-refractivity contribution in [1.29, 1.82) is 0 Å². The van der Waals surface area contributed by atoms with Gasteiger partial charge in [0.25, 0.3) is 0 Å². The first-order valence-electron chi connectivity index (χ1n) is 7.67. The molecule has 2 atom stereocenters. The molecule has 114 valence electrons. The van der Waals surface area contributed by atoms with Crippen molar-refractivity contribution < 1.29 is 9.53 Å². The molecule has 0 aliphatic carbocycles. The van der Waals surface area contributed by atoms with Crippen LogP contribution in [0.3, 0.4) is 0 Å². The summed E-state index contributed by atoms with van der Waals surface area (Å²) in [5.41, 5.74) is 2.18. The van der Waals surface area contributed by atoms with Crippen LogP contribution in [0.2, 0.25) is 0 Å². The van der Waals surface area contributed by atoms with E-state index >= 15 is 0 Å². The number of hydrogen-bond donors (Lipinski definition) is 0. The lowest BCUT2D eigenvalue weighted by Gasteiger charge is -2.36. The number of fused-ring (bicyclic) bond motifs is 2. The average molecular weight is 288 g/mol. The van der Waals surface area contributed by atoms with Gasteiger partial charge in [0.2, 0.25) is 0 Å². The Labute approximate surface area is 126 Å². The number of likely N-dealkylation sites (tertiary alicyclic amines) is 1. The van der Waals surface area contributed by atoms with Gasteiger partial charge in [-0.2, -0.15) is 0 Å². The molecule has 4 nitrogen and oxygen atoms in total. The monoisotopic (exact) mass is 288 g/mol. The fraction of sp³-hybridized carbons (Fsp3) is 0.588. The number of piperazine rings is 1. The zero-order valence-corrected chi connectivity index (χ0v) is 13.3. The molecule has 1 amide bonds. The number of anilines is 1. The Balaban J connectivity index is 1.70. The first-order valence-corrected chi connectivity index (χ1v) is 7.67. The third kappa shape index (κ3) is 2.71. The summed E-state index contributed by atoms with van der Waals surface area (Å²) in [7, 11) is 0. The van der Waals surface area contributed by atoms with Crippen molar-refractivity contribution in [2.45, 2.75) is 51.8 Å². The molecule has 4 heteroatoms. The second-order valence-electron chi connectivity index (χ2n) is 7.11. The fourth-order valence-electron chi connectivity index (χ4n) is 3.39. The number of benzene rings is 1. The predicted molar refractivity (Wildman–Crippen MR) is 83.7 cm³/mol. The zero-order chi connectivity index (χ0) is 15.2. The van der Waals surface area contributed by atoms with E-state index in [1.54, 1.807) is 0 Å². The van der Waals surface area contributed by atoms with Gasteiger partial charge in [0.1, 0.15) is 5.60 Å². The minimum atomic E-state index is -0.422. The molecular formula is C17H24N2O2. The maximum atomic E-state index is 12.2. The number of nitrogens with zero attached hydrogens (tertiary/aromatic N) is 2. The molecule has 3 rings (SSSR count). The van der Waals surface area contributed by atoms with Crippen LogP contribution in [0.4, 0.5) is 10.5 Å². The Morgan fingerprint density at radius 3 is 2.48 bits per heavy atom. The Kier molecular flexibility index (Phi) is 3.34. The molecule has 2 heterocycles. The number of carbonyl (C=O) groups excluding carboxylic acids is 1. The maximum absolute atomic E-state index is 12.2. The molecule has 2 fully saturated rings. The largest absolute Gasteiger partial charge is 0.444 e. The number of hydrogen-bond acceptors (Lipinski definition) is 3. The quantitative estimate of drug-likeness (QED) is 0.795. The topological polar surface area (TPSA) is 32.8 Å². The molecule has 2 saturated heterocycles. The third-order valence-corrected chi connectivity index (χ3v) is 4.29. The molecule has 2 aliphatic rings. The number of aryl methyl sites for hydroxylation is 1. The lowest BCUT2D eigenvalue weighted by molar-refractivity contribution is 0.0215. The minimum Gasteiger partial charge on any atom is -0.444 e. The van der Waals surface area contributed by atoms with Gasteiger partial charge in [0.15, 0.2) is 0 Å². The third-order valence-electron chi connectivity index (χ3n) is 4.29. The highest BCUT2D eigenvalue weighted by molar-refractivity contribution is 5.70. The van der Waals surface area contributed by atoms with Crippen molar-refractivity contribution in [3.8, 4) is 0 Å². The number of rotatable bonds is 1. The second kappa shape index (κ2) is 4.93. The van der Waals surface area contributed by atoms with Crippen LogP contribution in [-0.4, -0.2) is 41.8 Å². The van der Waals surface area contributed by atoms with E-state index in [1.807, 2.05) is 25.7 Å². The van der Waals surface area contributed by atoms with Gasteiger partial charge in [-0.3, -0.25) is 0 Å². The summed E-state index contributed by atoms with van der Waals surface area (Å²) >= 11 is 0. The van der Waals surface area contributed by atoms with Crippen LogP contribution in [0.25, 0.3) is 0 Å². The Morgan fingerprint density at radius 2 is 1.90 bits per heavy atom. The molecule has 1 aromatic rings. The molecule has 0 aromatic heterocycles. The van der Waals surface area contributed by atoms with Crippen LogP contribution in [0.5, 0.6) is 0 Å². The summed E-state index contributed by atoms with van der Waals surface area (Å²) in [6, 6.07) is 9.18. The SMILES string of the molecule is Cc1ccccc1N1CC2CC1CN2C(=O)OC(C)(C)C. The molecular weight excluding hydrogens is 264 g/mol. The van der Waals surface area contributed by atoms with Crippen molar-refractivity contribution in [2.24, 2.45) is 0 Å². The van der Waals surface area contributed by atoms with Crippen molar-refractivity contribution >= 4 is 11.8 Å². The predicted octanol–water partition coefficient (Wildman–Crippen LogP) is 3.19. The first-order chi connectivity index (χ1) is 9.85. The lowest BCUT2D eigenvalue weighted by atomic mass is 10.1. The highest BCUT2D eigenvalue weighted by Crippen LogP contribution is 2.36. The van der Waals surface area contributed by atoms with Gasteiger partial charge in [0, 0.05) is 24.8 Å². The molecule has 0 saturated carbocycles. The first kappa shape index (κ1) is 14.2. The van der Waals surface area contributed by atoms with Gasteiger partial charge in [0.05, 0.1) is 6.04 Å². The standard InChI is InChI=1S/C17H24N2O2/c1-12-7-5-6-8-15(12)18-10-14-9-13(18)11-19(14)16(20)21-17(2,3)4/h5-8,13-14H,9-11H2,1-4H3. The molecule has 1 aromatic carbocycles. The summed E-state index contributed by atoms with van der Waals surface area (Å²) in [5.74, 6) is 0. The summed E-state index contributed by atoms with van der Waals surface area (Å²) in [6.45, 7) is 9.58. The number of para-hydroxylation sites is 1. The van der Waals surface area contributed by atoms with Gasteiger partial charge >= 0.3 is 6.09 Å². The molecule has 0 spiro atoms. The van der Waals surface area contributed by atoms with E-state index in [1.165, 1.54) is 11.3 Å². The van der Waals surface area contributed by atoms with Gasteiger partial charge in [-0.25, -0.2) is 4.79 Å². The highest BCUT2D eigenvalue weighted by atomic mass is 16.6. The van der Waals surface area contributed by atoms with E-state index in [0.29, 0.717) is 6.04 Å². The summed E-state index contributed by atoms with van der Waals surface area (Å²) in [5, 5.41) is 0. The van der Waals surface area contributed by atoms with E-state index in [4.69, 9.17) is 4.74 Å². The van der Waals surface area contributed by atoms with Gasteiger partial charge in [-0.15, -0.1) is 0 Å². The van der Waals surface area contributed by atoms with Gasteiger partial charge in [-0.1, -0.05) is 18.2 Å². The van der Waals surface area contributed by atoms with Crippen molar-refractivity contribution in [3.63, 3.8) is 0 Å². The number of amides is 1. The van der Waals surface area contributed by atoms with Crippen molar-refractivity contribution in [2.75, 3.05) is 18.0 Å². The summed E-state index contributed by atoms with van der Waals surface area (Å²) < 4.78 is 5.51. The van der Waals surface area contributed by atoms with E-state index < -0.39 is 5.60 Å². The zero-order valence-electron chi connectivity index (χ0n) is 13.3. The minimum absolute atomic E-state index is 0.167. The molecule has 21 heavy (non-hydrogen) atoms. The van der Waals surface area contributed by atoms with E-state index in [9.17, 15) is 4.79 Å². The molecule has 2 bridgehead atoms. The molecule has 2 unspecified atom stereocenters. The lowest BCUT2D eigenvalue weighted by Crippen LogP contribution is -2.50. The van der Waals surface area contributed by atoms with Crippen LogP contribution in [0.15, 0.2) is 24.3 Å². The van der Waals surface area contributed by atoms with Crippen LogP contribution < -0.4 is 4.90 Å². The summed E-state index contributed by atoms with van der Waals surface area (Å²) in [6.07, 6.45) is 0.882. The summed E-state index contributed by atoms with van der Waals surface area (Å²) in [4.78, 5) is 16.6. The van der Waals surface area contributed by atoms with E-state index in [2.05, 4.69) is 36.1 Å². The normalized spacial score (nSPS) is 24.6. The smallest absolute Gasteiger partial charge is 0.410 e. The number of carbonyl (C=O) groups is 1. The molecule has 2 aliphatic heterocycles. The van der Waals surface area contributed by atoms with Crippen molar-refractivity contribution in [1.82, 2.24) is 4.90 Å². The van der Waals surface area contributed by atoms with E-state index in [-0.39, 0.29) is 12.1 Å². The van der Waals surface area contributed by atoms with Crippen molar-refractivity contribution in [3.05, 3.63) is 29.8 Å². The fourth-order valence-corrected chi connectivity index (χ4v) is 3.39. The Morgan fingerprint density at radius 1 is 1.19 bits per heavy atom. The molecule has 0 radical (unpaired) electrons. The molecule has 0 N–H and O–H groups in total.